The van der Waals surface area contributed by atoms with Gasteiger partial charge in [-0.2, -0.15) is 0 Å². The summed E-state index contributed by atoms with van der Waals surface area (Å²) >= 11 is 0. The lowest BCUT2D eigenvalue weighted by Gasteiger charge is -2.13. The fraction of sp³-hybridized carbons (Fsp3) is 0.600. The number of nitrogens with one attached hydrogen (secondary N) is 1. The quantitative estimate of drug-likeness (QED) is 0.683. The van der Waals surface area contributed by atoms with Gasteiger partial charge in [0.05, 0.1) is 7.11 Å². The first kappa shape index (κ1) is 14.8. The van der Waals surface area contributed by atoms with Gasteiger partial charge in [0.1, 0.15) is 18.1 Å². The normalized spacial score (nSPS) is 12.2. The fourth-order valence-corrected chi connectivity index (χ4v) is 1.76. The van der Waals surface area contributed by atoms with E-state index in [1.54, 1.807) is 7.11 Å². The van der Waals surface area contributed by atoms with Crippen molar-refractivity contribution >= 4 is 0 Å². The summed E-state index contributed by atoms with van der Waals surface area (Å²) in [6.45, 7) is 6.03. The van der Waals surface area contributed by atoms with Crippen LogP contribution in [0.5, 0.6) is 11.5 Å². The summed E-state index contributed by atoms with van der Waals surface area (Å²) in [6, 6.07) is 8.25. The zero-order valence-electron chi connectivity index (χ0n) is 11.7. The molecular weight excluding hydrogens is 226 g/mol. The molecule has 0 aliphatic heterocycles. The van der Waals surface area contributed by atoms with Crippen molar-refractivity contribution < 1.29 is 9.47 Å². The van der Waals surface area contributed by atoms with Gasteiger partial charge >= 0.3 is 0 Å². The van der Waals surface area contributed by atoms with Gasteiger partial charge in [-0.1, -0.05) is 19.8 Å². The predicted octanol–water partition coefficient (Wildman–Crippen LogP) is 3.24. The molecule has 3 heteroatoms. The van der Waals surface area contributed by atoms with Crippen LogP contribution in [-0.2, 0) is 0 Å². The molecule has 0 aliphatic carbocycles. The first-order chi connectivity index (χ1) is 8.76. The van der Waals surface area contributed by atoms with Gasteiger partial charge in [-0.25, -0.2) is 0 Å². The number of unbranched alkanes of at least 4 members (excludes halogenated alkanes) is 1. The maximum absolute atomic E-state index is 5.64. The number of hydrogen-bond acceptors (Lipinski definition) is 3. The first-order valence-electron chi connectivity index (χ1n) is 6.76. The van der Waals surface area contributed by atoms with E-state index in [2.05, 4.69) is 19.2 Å². The Kier molecular flexibility index (Phi) is 7.26. The SMILES string of the molecule is CCCCC(C)NCCOc1ccc(OC)cc1. The van der Waals surface area contributed by atoms with E-state index in [4.69, 9.17) is 9.47 Å². The predicted molar refractivity (Wildman–Crippen MR) is 75.5 cm³/mol. The summed E-state index contributed by atoms with van der Waals surface area (Å²) < 4.78 is 10.7. The number of methoxy groups -OCH3 is 1. The van der Waals surface area contributed by atoms with E-state index >= 15 is 0 Å². The van der Waals surface area contributed by atoms with E-state index in [1.807, 2.05) is 24.3 Å². The molecule has 0 spiro atoms. The zero-order chi connectivity index (χ0) is 13.2. The second kappa shape index (κ2) is 8.81. The average molecular weight is 251 g/mol. The minimum absolute atomic E-state index is 0.574. The third-order valence-corrected chi connectivity index (χ3v) is 2.91. The summed E-state index contributed by atoms with van der Waals surface area (Å²) in [7, 11) is 1.66. The van der Waals surface area contributed by atoms with Crippen molar-refractivity contribution in [1.29, 1.82) is 0 Å². The smallest absolute Gasteiger partial charge is 0.119 e. The first-order valence-corrected chi connectivity index (χ1v) is 6.76. The van der Waals surface area contributed by atoms with E-state index in [1.165, 1.54) is 19.3 Å². The molecule has 0 heterocycles. The lowest BCUT2D eigenvalue weighted by atomic mass is 10.1. The maximum Gasteiger partial charge on any atom is 0.119 e. The summed E-state index contributed by atoms with van der Waals surface area (Å²) in [5.74, 6) is 1.74. The van der Waals surface area contributed by atoms with Crippen molar-refractivity contribution in [1.82, 2.24) is 5.32 Å². The van der Waals surface area contributed by atoms with Gasteiger partial charge in [-0.15, -0.1) is 0 Å². The minimum Gasteiger partial charge on any atom is -0.497 e. The van der Waals surface area contributed by atoms with Crippen LogP contribution >= 0.6 is 0 Å². The highest BCUT2D eigenvalue weighted by molar-refractivity contribution is 5.31. The largest absolute Gasteiger partial charge is 0.497 e. The molecule has 0 saturated heterocycles. The summed E-state index contributed by atoms with van der Waals surface area (Å²) in [5, 5.41) is 3.46. The zero-order valence-corrected chi connectivity index (χ0v) is 11.7. The van der Waals surface area contributed by atoms with E-state index in [9.17, 15) is 0 Å². The summed E-state index contributed by atoms with van der Waals surface area (Å²) in [4.78, 5) is 0. The van der Waals surface area contributed by atoms with Gasteiger partial charge in [-0.3, -0.25) is 0 Å². The Morgan fingerprint density at radius 2 is 1.83 bits per heavy atom. The average Bonchev–Trinajstić information content (AvgIpc) is 2.42. The Morgan fingerprint density at radius 3 is 2.44 bits per heavy atom. The van der Waals surface area contributed by atoms with Crippen molar-refractivity contribution in [3.63, 3.8) is 0 Å². The third-order valence-electron chi connectivity index (χ3n) is 2.91. The van der Waals surface area contributed by atoms with Crippen molar-refractivity contribution in [2.75, 3.05) is 20.3 Å². The molecule has 1 atom stereocenters. The molecule has 0 saturated carbocycles. The van der Waals surface area contributed by atoms with Crippen LogP contribution < -0.4 is 14.8 Å². The molecule has 0 aliphatic rings. The molecule has 1 rings (SSSR count). The Bertz CT molecular complexity index is 311. The van der Waals surface area contributed by atoms with Gasteiger partial charge in [-0.05, 0) is 37.6 Å². The van der Waals surface area contributed by atoms with Gasteiger partial charge in [0.2, 0.25) is 0 Å². The Morgan fingerprint density at radius 1 is 1.17 bits per heavy atom. The third kappa shape index (κ3) is 5.92. The fourth-order valence-electron chi connectivity index (χ4n) is 1.76. The van der Waals surface area contributed by atoms with Crippen molar-refractivity contribution in [3.05, 3.63) is 24.3 Å². The van der Waals surface area contributed by atoms with Crippen molar-refractivity contribution in [3.8, 4) is 11.5 Å². The highest BCUT2D eigenvalue weighted by atomic mass is 16.5. The van der Waals surface area contributed by atoms with E-state index < -0.39 is 0 Å². The lowest BCUT2D eigenvalue weighted by Crippen LogP contribution is -2.30. The number of rotatable bonds is 9. The van der Waals surface area contributed by atoms with Crippen LogP contribution in [0.25, 0.3) is 0 Å². The second-order valence-corrected chi connectivity index (χ2v) is 4.52. The van der Waals surface area contributed by atoms with Crippen LogP contribution in [0.15, 0.2) is 24.3 Å². The molecule has 0 amide bonds. The Labute approximate surface area is 110 Å². The standard InChI is InChI=1S/C15H25NO2/c1-4-5-6-13(2)16-11-12-18-15-9-7-14(17-3)8-10-15/h7-10,13,16H,4-6,11-12H2,1-3H3. The topological polar surface area (TPSA) is 30.5 Å². The van der Waals surface area contributed by atoms with Gasteiger partial charge in [0, 0.05) is 12.6 Å². The maximum atomic E-state index is 5.64. The molecule has 1 N–H and O–H groups in total. The van der Waals surface area contributed by atoms with Crippen LogP contribution in [0.2, 0.25) is 0 Å². The molecule has 0 radical (unpaired) electrons. The molecule has 3 nitrogen and oxygen atoms in total. The number of hydrogen-bond donors (Lipinski definition) is 1. The van der Waals surface area contributed by atoms with Crippen LogP contribution in [0.3, 0.4) is 0 Å². The highest BCUT2D eigenvalue weighted by Gasteiger charge is 2.00. The molecule has 1 aromatic rings. The van der Waals surface area contributed by atoms with E-state index in [-0.39, 0.29) is 0 Å². The highest BCUT2D eigenvalue weighted by Crippen LogP contribution is 2.16. The van der Waals surface area contributed by atoms with Crippen LogP contribution in [0.1, 0.15) is 33.1 Å². The summed E-state index contributed by atoms with van der Waals surface area (Å²) in [5.41, 5.74) is 0. The van der Waals surface area contributed by atoms with Crippen LogP contribution in [0, 0.1) is 0 Å². The van der Waals surface area contributed by atoms with Crippen LogP contribution in [0.4, 0.5) is 0 Å². The number of ether oxygens (including phenoxy) is 2. The van der Waals surface area contributed by atoms with Gasteiger partial charge < -0.3 is 14.8 Å². The van der Waals surface area contributed by atoms with E-state index in [0.29, 0.717) is 12.6 Å². The molecule has 0 aromatic heterocycles. The van der Waals surface area contributed by atoms with Gasteiger partial charge in [0.15, 0.2) is 0 Å². The van der Waals surface area contributed by atoms with Crippen molar-refractivity contribution in [2.45, 2.75) is 39.2 Å². The van der Waals surface area contributed by atoms with Gasteiger partial charge in [0.25, 0.3) is 0 Å². The molecule has 102 valence electrons. The minimum atomic E-state index is 0.574. The molecule has 1 unspecified atom stereocenters. The molecule has 0 bridgehead atoms. The monoisotopic (exact) mass is 251 g/mol. The Hall–Kier alpha value is -1.22. The number of benzene rings is 1. The van der Waals surface area contributed by atoms with Crippen LogP contribution in [-0.4, -0.2) is 26.3 Å². The Balaban J connectivity index is 2.13. The molecule has 1 aromatic carbocycles. The summed E-state index contributed by atoms with van der Waals surface area (Å²) in [6.07, 6.45) is 3.78. The lowest BCUT2D eigenvalue weighted by molar-refractivity contribution is 0.304. The van der Waals surface area contributed by atoms with Crippen molar-refractivity contribution in [2.24, 2.45) is 0 Å². The molecule has 18 heavy (non-hydrogen) atoms. The van der Waals surface area contributed by atoms with E-state index in [0.717, 1.165) is 18.0 Å². The second-order valence-electron chi connectivity index (χ2n) is 4.52. The molecule has 0 fully saturated rings. The molecular formula is C15H25NO2.